The van der Waals surface area contributed by atoms with E-state index in [0.29, 0.717) is 12.8 Å². The molecule has 0 unspecified atom stereocenters. The molecule has 0 aromatic carbocycles. The molecule has 1 saturated carbocycles. The van der Waals surface area contributed by atoms with Crippen LogP contribution in [-0.2, 0) is 6.18 Å². The Bertz CT molecular complexity index is 417. The summed E-state index contributed by atoms with van der Waals surface area (Å²) >= 11 is 0. The molecule has 4 N–H and O–H groups in total. The molecule has 5 nitrogen and oxygen atoms in total. The summed E-state index contributed by atoms with van der Waals surface area (Å²) in [4.78, 5) is 6.79. The number of hydrogen-bond donors (Lipinski definition) is 3. The van der Waals surface area contributed by atoms with Gasteiger partial charge in [-0.25, -0.2) is 4.98 Å². The summed E-state index contributed by atoms with van der Waals surface area (Å²) in [6, 6.07) is 0.738. The lowest BCUT2D eigenvalue weighted by atomic mass is 9.89. The Kier molecular flexibility index (Phi) is 2.82. The number of hydrogen-bond acceptors (Lipinski definition) is 5. The van der Waals surface area contributed by atoms with Gasteiger partial charge in [-0.2, -0.15) is 18.2 Å². The molecule has 0 bridgehead atoms. The molecule has 0 amide bonds. The van der Waals surface area contributed by atoms with Gasteiger partial charge in [0, 0.05) is 12.1 Å². The van der Waals surface area contributed by atoms with E-state index in [4.69, 9.17) is 10.8 Å². The van der Waals surface area contributed by atoms with Crippen molar-refractivity contribution in [2.24, 2.45) is 0 Å². The highest BCUT2D eigenvalue weighted by Gasteiger charge is 2.34. The molecule has 0 radical (unpaired) electrons. The van der Waals surface area contributed by atoms with Gasteiger partial charge in [0.25, 0.3) is 0 Å². The number of nitrogens with two attached hydrogens (primary N) is 1. The standard InChI is InChI=1S/C9H11F3N4O/c10-9(11,12)6-3-7(16-8(13)15-6)14-4-1-5(17)2-4/h3-5,17H,1-2H2,(H3,13,14,15,16). The van der Waals surface area contributed by atoms with Gasteiger partial charge in [-0.1, -0.05) is 0 Å². The average molecular weight is 248 g/mol. The molecule has 1 aliphatic carbocycles. The van der Waals surface area contributed by atoms with Crippen molar-refractivity contribution in [2.75, 3.05) is 11.1 Å². The van der Waals surface area contributed by atoms with Gasteiger partial charge >= 0.3 is 6.18 Å². The maximum Gasteiger partial charge on any atom is 0.433 e. The molecule has 1 aliphatic rings. The lowest BCUT2D eigenvalue weighted by molar-refractivity contribution is -0.141. The zero-order valence-corrected chi connectivity index (χ0v) is 8.70. The molecule has 1 heterocycles. The van der Waals surface area contributed by atoms with E-state index in [1.807, 2.05) is 0 Å². The molecular formula is C9H11F3N4O. The molecule has 2 rings (SSSR count). The summed E-state index contributed by atoms with van der Waals surface area (Å²) in [6.07, 6.45) is -3.96. The fourth-order valence-electron chi connectivity index (χ4n) is 1.60. The van der Waals surface area contributed by atoms with E-state index in [1.165, 1.54) is 0 Å². The maximum absolute atomic E-state index is 12.4. The topological polar surface area (TPSA) is 84.1 Å². The Hall–Kier alpha value is -1.57. The van der Waals surface area contributed by atoms with Gasteiger partial charge in [0.2, 0.25) is 5.95 Å². The van der Waals surface area contributed by atoms with Gasteiger partial charge in [-0.05, 0) is 12.8 Å². The third-order valence-electron chi connectivity index (χ3n) is 2.50. The lowest BCUT2D eigenvalue weighted by Gasteiger charge is -2.32. The summed E-state index contributed by atoms with van der Waals surface area (Å²) < 4.78 is 37.3. The highest BCUT2D eigenvalue weighted by Crippen LogP contribution is 2.30. The summed E-state index contributed by atoms with van der Waals surface area (Å²) in [5.74, 6) is -0.399. The Balaban J connectivity index is 2.14. The van der Waals surface area contributed by atoms with Crippen molar-refractivity contribution in [3.63, 3.8) is 0 Å². The molecular weight excluding hydrogens is 237 g/mol. The average Bonchev–Trinajstić information content (AvgIpc) is 2.13. The van der Waals surface area contributed by atoms with Crippen LogP contribution >= 0.6 is 0 Å². The van der Waals surface area contributed by atoms with Crippen LogP contribution in [0.15, 0.2) is 6.07 Å². The van der Waals surface area contributed by atoms with Gasteiger partial charge in [0.15, 0.2) is 5.69 Å². The van der Waals surface area contributed by atoms with Crippen molar-refractivity contribution in [3.8, 4) is 0 Å². The number of anilines is 2. The summed E-state index contributed by atoms with van der Waals surface area (Å²) in [6.45, 7) is 0. The number of aliphatic hydroxyl groups excluding tert-OH is 1. The summed E-state index contributed by atoms with van der Waals surface area (Å²) in [5.41, 5.74) is 4.13. The number of aliphatic hydroxyl groups is 1. The zero-order valence-electron chi connectivity index (χ0n) is 8.70. The number of aromatic nitrogens is 2. The van der Waals surface area contributed by atoms with Crippen LogP contribution in [0.5, 0.6) is 0 Å². The van der Waals surface area contributed by atoms with E-state index in [9.17, 15) is 13.2 Å². The van der Waals surface area contributed by atoms with Crippen molar-refractivity contribution in [1.29, 1.82) is 0 Å². The van der Waals surface area contributed by atoms with Crippen LogP contribution in [0.2, 0.25) is 0 Å². The van der Waals surface area contributed by atoms with Crippen molar-refractivity contribution >= 4 is 11.8 Å². The third-order valence-corrected chi connectivity index (χ3v) is 2.50. The molecule has 94 valence electrons. The Morgan fingerprint density at radius 3 is 2.53 bits per heavy atom. The molecule has 8 heteroatoms. The Morgan fingerprint density at radius 2 is 2.00 bits per heavy atom. The number of nitrogens with one attached hydrogen (secondary N) is 1. The monoisotopic (exact) mass is 248 g/mol. The first-order valence-corrected chi connectivity index (χ1v) is 5.01. The molecule has 0 saturated heterocycles. The first-order chi connectivity index (χ1) is 7.84. The van der Waals surface area contributed by atoms with Crippen molar-refractivity contribution in [2.45, 2.75) is 31.2 Å². The summed E-state index contributed by atoms with van der Waals surface area (Å²) in [7, 11) is 0. The van der Waals surface area contributed by atoms with Gasteiger partial charge < -0.3 is 16.2 Å². The van der Waals surface area contributed by atoms with Crippen LogP contribution in [0.3, 0.4) is 0 Å². The molecule has 0 spiro atoms. The van der Waals surface area contributed by atoms with Crippen LogP contribution in [0.4, 0.5) is 24.9 Å². The van der Waals surface area contributed by atoms with Crippen LogP contribution in [0.25, 0.3) is 0 Å². The SMILES string of the molecule is Nc1nc(NC2CC(O)C2)cc(C(F)(F)F)n1. The van der Waals surface area contributed by atoms with Crippen molar-refractivity contribution < 1.29 is 18.3 Å². The quantitative estimate of drug-likeness (QED) is 0.727. The minimum absolute atomic E-state index is 0.0294. The summed E-state index contributed by atoms with van der Waals surface area (Å²) in [5, 5.41) is 11.8. The number of alkyl halides is 3. The van der Waals surface area contributed by atoms with Gasteiger partial charge in [-0.15, -0.1) is 0 Å². The lowest BCUT2D eigenvalue weighted by Crippen LogP contribution is -2.39. The van der Waals surface area contributed by atoms with Crippen LogP contribution in [0, 0.1) is 0 Å². The first kappa shape index (κ1) is 11.9. The normalized spacial score (nSPS) is 24.2. The highest BCUT2D eigenvalue weighted by molar-refractivity contribution is 5.42. The smallest absolute Gasteiger partial charge is 0.393 e. The van der Waals surface area contributed by atoms with E-state index in [2.05, 4.69) is 15.3 Å². The Morgan fingerprint density at radius 1 is 1.35 bits per heavy atom. The van der Waals surface area contributed by atoms with Crippen LogP contribution in [0.1, 0.15) is 18.5 Å². The predicted molar refractivity (Wildman–Crippen MR) is 54.1 cm³/mol. The van der Waals surface area contributed by atoms with E-state index in [0.717, 1.165) is 6.07 Å². The second-order valence-electron chi connectivity index (χ2n) is 3.96. The number of halogens is 3. The molecule has 1 aromatic heterocycles. The van der Waals surface area contributed by atoms with E-state index in [-0.39, 0.29) is 11.9 Å². The minimum Gasteiger partial charge on any atom is -0.393 e. The fraction of sp³-hybridized carbons (Fsp3) is 0.556. The van der Waals surface area contributed by atoms with Crippen LogP contribution in [-0.4, -0.2) is 27.2 Å². The highest BCUT2D eigenvalue weighted by atomic mass is 19.4. The third kappa shape index (κ3) is 2.76. The van der Waals surface area contributed by atoms with E-state index >= 15 is 0 Å². The second-order valence-corrected chi connectivity index (χ2v) is 3.96. The van der Waals surface area contributed by atoms with Gasteiger partial charge in [0.1, 0.15) is 5.82 Å². The number of nitrogens with zero attached hydrogens (tertiary/aromatic N) is 2. The largest absolute Gasteiger partial charge is 0.433 e. The first-order valence-electron chi connectivity index (χ1n) is 5.01. The number of nitrogen functional groups attached to an aromatic ring is 1. The molecule has 1 fully saturated rings. The van der Waals surface area contributed by atoms with E-state index < -0.39 is 23.9 Å². The van der Waals surface area contributed by atoms with Gasteiger partial charge in [-0.3, -0.25) is 0 Å². The number of rotatable bonds is 2. The second kappa shape index (κ2) is 4.02. The minimum atomic E-state index is -4.55. The predicted octanol–water partition coefficient (Wildman–Crippen LogP) is 1.01. The fourth-order valence-corrected chi connectivity index (χ4v) is 1.60. The molecule has 17 heavy (non-hydrogen) atoms. The van der Waals surface area contributed by atoms with Gasteiger partial charge in [0.05, 0.1) is 6.10 Å². The Labute approximate surface area is 94.9 Å². The molecule has 1 aromatic rings. The maximum atomic E-state index is 12.4. The molecule has 0 aliphatic heterocycles. The van der Waals surface area contributed by atoms with E-state index in [1.54, 1.807) is 0 Å². The zero-order chi connectivity index (χ0) is 12.6. The molecule has 0 atom stereocenters. The van der Waals surface area contributed by atoms with Crippen LogP contribution < -0.4 is 11.1 Å². The van der Waals surface area contributed by atoms with Crippen molar-refractivity contribution in [3.05, 3.63) is 11.8 Å². The van der Waals surface area contributed by atoms with Crippen molar-refractivity contribution in [1.82, 2.24) is 9.97 Å².